The standard InChI is InChI=1S/C23H21ClFN5O3/c1-23(11-12-26,29-22(33)27-16-7-5-15(24)6-8-16)21(32)28-19-10-9-17(14-18(19)25)30-13-3-2-4-20(30)31/h2-10,12-14,26H,11H2,1H3,(H,28,32)(H2,27,29,33). The molecule has 0 saturated carbocycles. The molecule has 0 saturated heterocycles. The summed E-state index contributed by atoms with van der Waals surface area (Å²) in [5.41, 5.74) is -1.27. The van der Waals surface area contributed by atoms with E-state index in [9.17, 15) is 18.8 Å². The van der Waals surface area contributed by atoms with Gasteiger partial charge in [0.25, 0.3) is 5.56 Å². The molecule has 0 bridgehead atoms. The first-order valence-electron chi connectivity index (χ1n) is 9.84. The van der Waals surface area contributed by atoms with Crippen LogP contribution in [-0.4, -0.2) is 28.3 Å². The predicted molar refractivity (Wildman–Crippen MR) is 126 cm³/mol. The van der Waals surface area contributed by atoms with Crippen molar-refractivity contribution in [3.8, 4) is 5.69 Å². The molecule has 3 aromatic rings. The molecule has 0 aliphatic rings. The van der Waals surface area contributed by atoms with Gasteiger partial charge in [0.15, 0.2) is 0 Å². The third kappa shape index (κ3) is 5.83. The van der Waals surface area contributed by atoms with Crippen LogP contribution in [0.1, 0.15) is 13.3 Å². The molecule has 8 nitrogen and oxygen atoms in total. The van der Waals surface area contributed by atoms with Gasteiger partial charge in [-0.3, -0.25) is 14.2 Å². The van der Waals surface area contributed by atoms with Crippen molar-refractivity contribution in [2.45, 2.75) is 18.9 Å². The summed E-state index contributed by atoms with van der Waals surface area (Å²) in [7, 11) is 0. The second-order valence-electron chi connectivity index (χ2n) is 7.35. The Balaban J connectivity index is 1.75. The van der Waals surface area contributed by atoms with Crippen LogP contribution in [-0.2, 0) is 4.79 Å². The highest BCUT2D eigenvalue weighted by molar-refractivity contribution is 6.30. The first kappa shape index (κ1) is 23.7. The SMILES string of the molecule is CC(CC=N)(NC(=O)Nc1ccc(Cl)cc1)C(=O)Nc1ccc(-n2ccccc2=O)cc1F. The van der Waals surface area contributed by atoms with Gasteiger partial charge in [0.05, 0.1) is 11.4 Å². The first-order valence-corrected chi connectivity index (χ1v) is 10.2. The van der Waals surface area contributed by atoms with Gasteiger partial charge in [-0.1, -0.05) is 17.7 Å². The Labute approximate surface area is 193 Å². The fraction of sp³-hybridized carbons (Fsp3) is 0.130. The normalized spacial score (nSPS) is 12.3. The van der Waals surface area contributed by atoms with Crippen molar-refractivity contribution in [1.29, 1.82) is 5.41 Å². The predicted octanol–water partition coefficient (Wildman–Crippen LogP) is 4.19. The van der Waals surface area contributed by atoms with E-state index in [0.717, 1.165) is 12.3 Å². The first-order chi connectivity index (χ1) is 15.7. The number of nitrogens with zero attached hydrogens (tertiary/aromatic N) is 1. The zero-order valence-electron chi connectivity index (χ0n) is 17.6. The van der Waals surface area contributed by atoms with Crippen LogP contribution in [0.2, 0.25) is 5.02 Å². The Hall–Kier alpha value is -3.98. The molecule has 1 atom stereocenters. The van der Waals surface area contributed by atoms with E-state index in [0.29, 0.717) is 16.4 Å². The van der Waals surface area contributed by atoms with Gasteiger partial charge < -0.3 is 21.4 Å². The number of nitrogens with one attached hydrogen (secondary N) is 4. The summed E-state index contributed by atoms with van der Waals surface area (Å²) in [6.07, 6.45) is 2.34. The lowest BCUT2D eigenvalue weighted by Crippen LogP contribution is -2.56. The van der Waals surface area contributed by atoms with E-state index in [4.69, 9.17) is 17.0 Å². The van der Waals surface area contributed by atoms with Gasteiger partial charge in [0.1, 0.15) is 11.4 Å². The smallest absolute Gasteiger partial charge is 0.320 e. The Morgan fingerprint density at radius 1 is 1.12 bits per heavy atom. The number of carbonyl (C=O) groups excluding carboxylic acids is 2. The quantitative estimate of drug-likeness (QED) is 0.389. The average molecular weight is 470 g/mol. The molecule has 3 rings (SSSR count). The van der Waals surface area contributed by atoms with E-state index in [-0.39, 0.29) is 17.7 Å². The summed E-state index contributed by atoms with van der Waals surface area (Å²) in [6.45, 7) is 1.42. The van der Waals surface area contributed by atoms with Gasteiger partial charge >= 0.3 is 6.03 Å². The van der Waals surface area contributed by atoms with E-state index >= 15 is 0 Å². The number of halogens is 2. The van der Waals surface area contributed by atoms with Crippen molar-refractivity contribution in [2.75, 3.05) is 10.6 Å². The average Bonchev–Trinajstić information content (AvgIpc) is 2.77. The monoisotopic (exact) mass is 469 g/mol. The van der Waals surface area contributed by atoms with E-state index in [2.05, 4.69) is 16.0 Å². The summed E-state index contributed by atoms with van der Waals surface area (Å²) in [5.74, 6) is -1.49. The van der Waals surface area contributed by atoms with Crippen molar-refractivity contribution in [3.05, 3.63) is 88.1 Å². The van der Waals surface area contributed by atoms with Gasteiger partial charge in [-0.05, 0) is 55.6 Å². The molecule has 1 heterocycles. The second kappa shape index (κ2) is 10.1. The molecule has 0 fully saturated rings. The Morgan fingerprint density at radius 3 is 2.48 bits per heavy atom. The van der Waals surface area contributed by atoms with Gasteiger partial charge in [0.2, 0.25) is 5.91 Å². The lowest BCUT2D eigenvalue weighted by Gasteiger charge is -2.28. The number of benzene rings is 2. The molecule has 3 amide bonds. The van der Waals surface area contributed by atoms with Crippen LogP contribution in [0.3, 0.4) is 0 Å². The van der Waals surface area contributed by atoms with Gasteiger partial charge in [0, 0.05) is 35.5 Å². The molecule has 2 aromatic carbocycles. The highest BCUT2D eigenvalue weighted by Gasteiger charge is 2.34. The largest absolute Gasteiger partial charge is 0.323 e. The third-order valence-corrected chi connectivity index (χ3v) is 5.06. The fourth-order valence-corrected chi connectivity index (χ4v) is 3.13. The van der Waals surface area contributed by atoms with Crippen molar-refractivity contribution in [1.82, 2.24) is 9.88 Å². The van der Waals surface area contributed by atoms with Crippen LogP contribution in [0.25, 0.3) is 5.69 Å². The maximum atomic E-state index is 14.7. The van der Waals surface area contributed by atoms with Gasteiger partial charge in [-0.2, -0.15) is 0 Å². The van der Waals surface area contributed by atoms with E-state index in [1.807, 2.05) is 0 Å². The summed E-state index contributed by atoms with van der Waals surface area (Å²) >= 11 is 5.83. The molecule has 4 N–H and O–H groups in total. The number of carbonyl (C=O) groups is 2. The zero-order valence-corrected chi connectivity index (χ0v) is 18.3. The molecule has 1 aromatic heterocycles. The van der Waals surface area contributed by atoms with E-state index in [1.54, 1.807) is 36.4 Å². The van der Waals surface area contributed by atoms with Gasteiger partial charge in [-0.15, -0.1) is 0 Å². The van der Waals surface area contributed by atoms with Crippen LogP contribution in [0, 0.1) is 11.2 Å². The second-order valence-corrected chi connectivity index (χ2v) is 7.79. The number of anilines is 2. The lowest BCUT2D eigenvalue weighted by molar-refractivity contribution is -0.121. The highest BCUT2D eigenvalue weighted by Crippen LogP contribution is 2.21. The Bertz CT molecular complexity index is 1250. The minimum atomic E-state index is -1.54. The summed E-state index contributed by atoms with van der Waals surface area (Å²) in [6, 6.07) is 14.2. The molecular weight excluding hydrogens is 449 g/mol. The number of amides is 3. The molecule has 0 radical (unpaired) electrons. The topological polar surface area (TPSA) is 116 Å². The molecule has 33 heavy (non-hydrogen) atoms. The van der Waals surface area contributed by atoms with Gasteiger partial charge in [-0.25, -0.2) is 9.18 Å². The number of pyridine rings is 1. The number of hydrogen-bond acceptors (Lipinski definition) is 4. The Kier molecular flexibility index (Phi) is 7.24. The van der Waals surface area contributed by atoms with Crippen molar-refractivity contribution < 1.29 is 14.0 Å². The lowest BCUT2D eigenvalue weighted by atomic mass is 9.97. The third-order valence-electron chi connectivity index (χ3n) is 4.80. The summed E-state index contributed by atoms with van der Waals surface area (Å²) in [5, 5.41) is 15.4. The number of aromatic nitrogens is 1. The van der Waals surface area contributed by atoms with Crippen LogP contribution in [0.5, 0.6) is 0 Å². The number of rotatable bonds is 7. The maximum Gasteiger partial charge on any atom is 0.320 e. The van der Waals surface area contributed by atoms with E-state index < -0.39 is 23.3 Å². The number of hydrogen-bond donors (Lipinski definition) is 4. The minimum Gasteiger partial charge on any atom is -0.323 e. The Morgan fingerprint density at radius 2 is 1.85 bits per heavy atom. The van der Waals surface area contributed by atoms with Crippen molar-refractivity contribution in [3.63, 3.8) is 0 Å². The molecule has 0 spiro atoms. The molecule has 1 unspecified atom stereocenters. The van der Waals surface area contributed by atoms with E-state index in [1.165, 1.54) is 35.9 Å². The molecular formula is C23H21ClFN5O3. The maximum absolute atomic E-state index is 14.7. The molecule has 10 heteroatoms. The van der Waals surface area contributed by atoms with Crippen LogP contribution < -0.4 is 21.5 Å². The highest BCUT2D eigenvalue weighted by atomic mass is 35.5. The fourth-order valence-electron chi connectivity index (χ4n) is 3.01. The number of urea groups is 1. The van der Waals surface area contributed by atoms with Crippen molar-refractivity contribution >= 4 is 41.1 Å². The summed E-state index contributed by atoms with van der Waals surface area (Å²) in [4.78, 5) is 37.3. The van der Waals surface area contributed by atoms with Crippen LogP contribution in [0.4, 0.5) is 20.6 Å². The van der Waals surface area contributed by atoms with Crippen molar-refractivity contribution in [2.24, 2.45) is 0 Å². The summed E-state index contributed by atoms with van der Waals surface area (Å²) < 4.78 is 16.0. The molecule has 0 aliphatic carbocycles. The van der Waals surface area contributed by atoms with Crippen LogP contribution >= 0.6 is 11.6 Å². The van der Waals surface area contributed by atoms with Crippen LogP contribution in [0.15, 0.2) is 71.7 Å². The minimum absolute atomic E-state index is 0.133. The molecule has 0 aliphatic heterocycles. The zero-order chi connectivity index (χ0) is 24.0. The molecule has 170 valence electrons.